The van der Waals surface area contributed by atoms with Crippen molar-refractivity contribution in [1.29, 1.82) is 0 Å². The SMILES string of the molecule is CN(CC(=O)Nc1ccccc1Cl)C(=O)Cn1cnc2sc(-c3ccccc3)cc2c1=O. The fraction of sp³-hybridized carbons (Fsp3) is 0.130. The van der Waals surface area contributed by atoms with Gasteiger partial charge in [-0.3, -0.25) is 19.0 Å². The van der Waals surface area contributed by atoms with Crippen LogP contribution in [0.2, 0.25) is 5.02 Å². The Morgan fingerprint density at radius 3 is 2.59 bits per heavy atom. The Kier molecular flexibility index (Phi) is 6.34. The van der Waals surface area contributed by atoms with E-state index in [-0.39, 0.29) is 30.5 Å². The zero-order valence-corrected chi connectivity index (χ0v) is 18.7. The highest BCUT2D eigenvalue weighted by atomic mass is 35.5. The molecule has 32 heavy (non-hydrogen) atoms. The zero-order valence-electron chi connectivity index (χ0n) is 17.1. The van der Waals surface area contributed by atoms with Crippen LogP contribution in [-0.4, -0.2) is 39.9 Å². The number of aromatic nitrogens is 2. The van der Waals surface area contributed by atoms with Crippen LogP contribution in [0, 0.1) is 0 Å². The second-order valence-corrected chi connectivity index (χ2v) is 8.59. The second kappa shape index (κ2) is 9.33. The van der Waals surface area contributed by atoms with Crippen LogP contribution in [0.25, 0.3) is 20.7 Å². The molecule has 7 nitrogen and oxygen atoms in total. The maximum atomic E-state index is 12.9. The molecule has 2 heterocycles. The molecule has 0 saturated carbocycles. The van der Waals surface area contributed by atoms with Crippen molar-refractivity contribution >= 4 is 50.7 Å². The number of hydrogen-bond acceptors (Lipinski definition) is 5. The summed E-state index contributed by atoms with van der Waals surface area (Å²) < 4.78 is 1.26. The molecule has 2 aromatic heterocycles. The molecule has 0 saturated heterocycles. The van der Waals surface area contributed by atoms with Gasteiger partial charge in [0.2, 0.25) is 11.8 Å². The van der Waals surface area contributed by atoms with Crippen LogP contribution in [0.4, 0.5) is 5.69 Å². The number of nitrogens with one attached hydrogen (secondary N) is 1. The minimum absolute atomic E-state index is 0.176. The van der Waals surface area contributed by atoms with Crippen molar-refractivity contribution in [2.45, 2.75) is 6.54 Å². The number of benzene rings is 2. The number of thiophene rings is 1. The third kappa shape index (κ3) is 4.71. The lowest BCUT2D eigenvalue weighted by atomic mass is 10.2. The van der Waals surface area contributed by atoms with E-state index in [4.69, 9.17) is 11.6 Å². The van der Waals surface area contributed by atoms with Gasteiger partial charge in [0, 0.05) is 11.9 Å². The van der Waals surface area contributed by atoms with Crippen LogP contribution in [0.1, 0.15) is 0 Å². The van der Waals surface area contributed by atoms with Gasteiger partial charge in [0.05, 0.1) is 29.0 Å². The topological polar surface area (TPSA) is 84.3 Å². The van der Waals surface area contributed by atoms with Crippen molar-refractivity contribution in [3.63, 3.8) is 0 Å². The number of para-hydroxylation sites is 1. The van der Waals surface area contributed by atoms with Crippen molar-refractivity contribution in [3.8, 4) is 10.4 Å². The van der Waals surface area contributed by atoms with Gasteiger partial charge in [-0.1, -0.05) is 54.1 Å². The number of carbonyl (C=O) groups is 2. The van der Waals surface area contributed by atoms with E-state index < -0.39 is 0 Å². The molecule has 0 atom stereocenters. The van der Waals surface area contributed by atoms with Crippen molar-refractivity contribution in [1.82, 2.24) is 14.5 Å². The van der Waals surface area contributed by atoms with Crippen molar-refractivity contribution in [3.05, 3.63) is 82.4 Å². The van der Waals surface area contributed by atoms with Gasteiger partial charge in [0.15, 0.2) is 0 Å². The summed E-state index contributed by atoms with van der Waals surface area (Å²) in [5.41, 5.74) is 1.18. The summed E-state index contributed by atoms with van der Waals surface area (Å²) in [4.78, 5) is 44.9. The third-order valence-electron chi connectivity index (χ3n) is 4.84. The summed E-state index contributed by atoms with van der Waals surface area (Å²) in [6.07, 6.45) is 1.37. The van der Waals surface area contributed by atoms with E-state index in [1.54, 1.807) is 30.3 Å². The van der Waals surface area contributed by atoms with Crippen LogP contribution < -0.4 is 10.9 Å². The normalized spacial score (nSPS) is 10.8. The average Bonchev–Trinajstić information content (AvgIpc) is 3.23. The molecule has 0 fully saturated rings. The number of likely N-dealkylation sites (N-methyl/N-ethyl adjacent to an activating group) is 1. The van der Waals surface area contributed by atoms with Gasteiger partial charge in [-0.2, -0.15) is 0 Å². The van der Waals surface area contributed by atoms with E-state index in [2.05, 4.69) is 10.3 Å². The number of carbonyl (C=O) groups excluding carboxylic acids is 2. The summed E-state index contributed by atoms with van der Waals surface area (Å²) in [7, 11) is 1.50. The van der Waals surface area contributed by atoms with Crippen LogP contribution >= 0.6 is 22.9 Å². The first-order valence-electron chi connectivity index (χ1n) is 9.75. The number of fused-ring (bicyclic) bond motifs is 1. The minimum Gasteiger partial charge on any atom is -0.335 e. The van der Waals surface area contributed by atoms with E-state index in [0.29, 0.717) is 20.9 Å². The standard InChI is InChI=1S/C23H19ClN4O3S/c1-27(12-20(29)26-18-10-6-5-9-17(18)24)21(30)13-28-14-25-22-16(23(28)31)11-19(32-22)15-7-3-2-4-8-15/h2-11,14H,12-13H2,1H3,(H,26,29). The Morgan fingerprint density at radius 2 is 1.84 bits per heavy atom. The maximum Gasteiger partial charge on any atom is 0.262 e. The van der Waals surface area contributed by atoms with Crippen molar-refractivity contribution < 1.29 is 9.59 Å². The van der Waals surface area contributed by atoms with Crippen LogP contribution in [0.15, 0.2) is 71.8 Å². The molecule has 4 rings (SSSR count). The molecule has 2 aromatic carbocycles. The van der Waals surface area contributed by atoms with Crippen LogP contribution in [0.3, 0.4) is 0 Å². The molecule has 1 N–H and O–H groups in total. The molecular weight excluding hydrogens is 448 g/mol. The minimum atomic E-state index is -0.389. The number of rotatable bonds is 6. The fourth-order valence-electron chi connectivity index (χ4n) is 3.14. The highest BCUT2D eigenvalue weighted by Gasteiger charge is 2.17. The predicted molar refractivity (Wildman–Crippen MR) is 127 cm³/mol. The lowest BCUT2D eigenvalue weighted by molar-refractivity contribution is -0.133. The summed E-state index contributed by atoms with van der Waals surface area (Å²) in [6.45, 7) is -0.390. The molecule has 0 aliphatic rings. The van der Waals surface area contributed by atoms with Gasteiger partial charge < -0.3 is 10.2 Å². The maximum absolute atomic E-state index is 12.9. The van der Waals surface area contributed by atoms with Crippen molar-refractivity contribution in [2.24, 2.45) is 0 Å². The summed E-state index contributed by atoms with van der Waals surface area (Å²) in [5.74, 6) is -0.777. The van der Waals surface area contributed by atoms with Gasteiger partial charge in [-0.15, -0.1) is 11.3 Å². The molecule has 4 aromatic rings. The summed E-state index contributed by atoms with van der Waals surface area (Å²) >= 11 is 7.47. The Hall–Kier alpha value is -3.49. The lowest BCUT2D eigenvalue weighted by Gasteiger charge is -2.17. The Balaban J connectivity index is 1.46. The fourth-order valence-corrected chi connectivity index (χ4v) is 4.32. The zero-order chi connectivity index (χ0) is 22.7. The highest BCUT2D eigenvalue weighted by Crippen LogP contribution is 2.30. The Bertz CT molecular complexity index is 1350. The van der Waals surface area contributed by atoms with E-state index in [9.17, 15) is 14.4 Å². The van der Waals surface area contributed by atoms with E-state index in [1.165, 1.54) is 34.2 Å². The second-order valence-electron chi connectivity index (χ2n) is 7.15. The first-order chi connectivity index (χ1) is 15.4. The molecule has 0 aliphatic carbocycles. The van der Waals surface area contributed by atoms with Crippen LogP contribution in [0.5, 0.6) is 0 Å². The van der Waals surface area contributed by atoms with Gasteiger partial charge in [0.1, 0.15) is 11.4 Å². The van der Waals surface area contributed by atoms with E-state index in [0.717, 1.165) is 10.4 Å². The molecule has 0 spiro atoms. The number of nitrogens with zero attached hydrogens (tertiary/aromatic N) is 3. The number of anilines is 1. The smallest absolute Gasteiger partial charge is 0.262 e. The van der Waals surface area contributed by atoms with E-state index >= 15 is 0 Å². The van der Waals surface area contributed by atoms with Crippen molar-refractivity contribution in [2.75, 3.05) is 18.9 Å². The third-order valence-corrected chi connectivity index (χ3v) is 6.26. The largest absolute Gasteiger partial charge is 0.335 e. The molecule has 0 aliphatic heterocycles. The molecule has 162 valence electrons. The van der Waals surface area contributed by atoms with E-state index in [1.807, 2.05) is 30.3 Å². The van der Waals surface area contributed by atoms with Crippen LogP contribution in [-0.2, 0) is 16.1 Å². The predicted octanol–water partition coefficient (Wildman–Crippen LogP) is 3.88. The average molecular weight is 467 g/mol. The molecule has 0 unspecified atom stereocenters. The first-order valence-corrected chi connectivity index (χ1v) is 10.9. The molecule has 9 heteroatoms. The quantitative estimate of drug-likeness (QED) is 0.467. The first kappa shape index (κ1) is 21.7. The van der Waals surface area contributed by atoms with Gasteiger partial charge in [0.25, 0.3) is 5.56 Å². The molecule has 2 amide bonds. The summed E-state index contributed by atoms with van der Waals surface area (Å²) in [6, 6.07) is 18.4. The Morgan fingerprint density at radius 1 is 1.12 bits per heavy atom. The number of halogens is 1. The highest BCUT2D eigenvalue weighted by molar-refractivity contribution is 7.21. The Labute approximate surface area is 192 Å². The van der Waals surface area contributed by atoms with Gasteiger partial charge >= 0.3 is 0 Å². The van der Waals surface area contributed by atoms with Gasteiger partial charge in [-0.25, -0.2) is 4.98 Å². The molecule has 0 radical (unpaired) electrons. The number of hydrogen-bond donors (Lipinski definition) is 1. The lowest BCUT2D eigenvalue weighted by Crippen LogP contribution is -2.38. The number of amides is 2. The molecular formula is C23H19ClN4O3S. The summed E-state index contributed by atoms with van der Waals surface area (Å²) in [5, 5.41) is 3.54. The van der Waals surface area contributed by atoms with Gasteiger partial charge in [-0.05, 0) is 23.8 Å². The monoisotopic (exact) mass is 466 g/mol. The molecule has 0 bridgehead atoms.